The third kappa shape index (κ3) is 3.62. The number of thiophene rings is 1. The lowest BCUT2D eigenvalue weighted by Gasteiger charge is -2.08. The van der Waals surface area contributed by atoms with Gasteiger partial charge in [-0.25, -0.2) is 4.98 Å². The number of aryl methyl sites for hydroxylation is 1. The summed E-state index contributed by atoms with van der Waals surface area (Å²) in [5.74, 6) is -1.10. The summed E-state index contributed by atoms with van der Waals surface area (Å²) in [6.07, 6.45) is 0. The molecule has 24 heavy (non-hydrogen) atoms. The molecule has 1 amide bonds. The Kier molecular flexibility index (Phi) is 5.68. The maximum atomic E-state index is 12.4. The van der Waals surface area contributed by atoms with E-state index in [4.69, 9.17) is 14.6 Å². The molecule has 2 aromatic heterocycles. The first-order valence-corrected chi connectivity index (χ1v) is 8.04. The molecule has 0 aliphatic carbocycles. The summed E-state index contributed by atoms with van der Waals surface area (Å²) < 4.78 is 10.3. The Balaban J connectivity index is 2.36. The Morgan fingerprint density at radius 2 is 2.04 bits per heavy atom. The normalized spacial score (nSPS) is 12.2. The number of carboxylic acids is 1. The lowest BCUT2D eigenvalue weighted by atomic mass is 10.1. The minimum absolute atomic E-state index is 0.0551. The van der Waals surface area contributed by atoms with Gasteiger partial charge < -0.3 is 19.9 Å². The van der Waals surface area contributed by atoms with Crippen LogP contribution in [0.25, 0.3) is 10.2 Å². The highest BCUT2D eigenvalue weighted by molar-refractivity contribution is 7.20. The number of rotatable bonds is 7. The second-order valence-corrected chi connectivity index (χ2v) is 6.27. The molecule has 0 spiro atoms. The van der Waals surface area contributed by atoms with Crippen molar-refractivity contribution < 1.29 is 24.2 Å². The van der Waals surface area contributed by atoms with Gasteiger partial charge in [0, 0.05) is 13.7 Å². The Morgan fingerprint density at radius 1 is 1.33 bits per heavy atom. The molecule has 0 bridgehead atoms. The monoisotopic (exact) mass is 353 g/mol. The van der Waals surface area contributed by atoms with Gasteiger partial charge in [0.05, 0.1) is 23.3 Å². The number of hydrogen-bond acceptors (Lipinski definition) is 7. The molecule has 1 atom stereocenters. The highest BCUT2D eigenvalue weighted by atomic mass is 32.1. The van der Waals surface area contributed by atoms with Crippen molar-refractivity contribution in [1.82, 2.24) is 15.3 Å². The average molecular weight is 353 g/mol. The minimum atomic E-state index is -0.958. The van der Waals surface area contributed by atoms with Crippen molar-refractivity contribution in [1.29, 1.82) is 0 Å². The van der Waals surface area contributed by atoms with Crippen LogP contribution in [-0.2, 0) is 16.1 Å². The number of methoxy groups -OCH3 is 2. The second kappa shape index (κ2) is 7.54. The van der Waals surface area contributed by atoms with Crippen LogP contribution in [0.15, 0.2) is 0 Å². The van der Waals surface area contributed by atoms with Crippen molar-refractivity contribution in [3.63, 3.8) is 0 Å². The zero-order valence-corrected chi connectivity index (χ0v) is 14.7. The summed E-state index contributed by atoms with van der Waals surface area (Å²) in [6, 6.07) is 0. The second-order valence-electron chi connectivity index (χ2n) is 5.27. The first-order chi connectivity index (χ1) is 11.4. The van der Waals surface area contributed by atoms with Gasteiger partial charge >= 0.3 is 5.97 Å². The van der Waals surface area contributed by atoms with Gasteiger partial charge in [0.2, 0.25) is 5.88 Å². The van der Waals surface area contributed by atoms with Crippen molar-refractivity contribution in [2.75, 3.05) is 20.8 Å². The van der Waals surface area contributed by atoms with E-state index >= 15 is 0 Å². The molecular formula is C15H19N3O5S. The molecule has 2 rings (SSSR count). The summed E-state index contributed by atoms with van der Waals surface area (Å²) in [7, 11) is 3.05. The molecule has 0 aliphatic rings. The highest BCUT2D eigenvalue weighted by Gasteiger charge is 2.22. The van der Waals surface area contributed by atoms with Crippen LogP contribution in [0.3, 0.4) is 0 Å². The number of nitrogens with one attached hydrogen (secondary N) is 1. The fourth-order valence-electron chi connectivity index (χ4n) is 2.12. The molecule has 0 radical (unpaired) electrons. The Labute approximate surface area is 142 Å². The molecule has 1 unspecified atom stereocenters. The van der Waals surface area contributed by atoms with E-state index in [0.29, 0.717) is 32.4 Å². The van der Waals surface area contributed by atoms with Crippen LogP contribution in [0, 0.1) is 12.8 Å². The van der Waals surface area contributed by atoms with E-state index in [0.717, 1.165) is 0 Å². The lowest BCUT2D eigenvalue weighted by Crippen LogP contribution is -2.31. The van der Waals surface area contributed by atoms with E-state index in [1.54, 1.807) is 14.0 Å². The van der Waals surface area contributed by atoms with Crippen LogP contribution in [0.5, 0.6) is 5.88 Å². The smallest absolute Gasteiger partial charge is 0.308 e. The van der Waals surface area contributed by atoms with Gasteiger partial charge in [-0.3, -0.25) is 9.59 Å². The fraction of sp³-hybridized carbons (Fsp3) is 0.467. The molecule has 0 saturated heterocycles. The molecule has 9 heteroatoms. The van der Waals surface area contributed by atoms with E-state index in [9.17, 15) is 9.59 Å². The summed E-state index contributed by atoms with van der Waals surface area (Å²) in [6.45, 7) is 3.61. The third-order valence-corrected chi connectivity index (χ3v) is 4.65. The van der Waals surface area contributed by atoms with E-state index in [1.165, 1.54) is 25.4 Å². The van der Waals surface area contributed by atoms with E-state index < -0.39 is 11.9 Å². The summed E-state index contributed by atoms with van der Waals surface area (Å²) >= 11 is 1.22. The van der Waals surface area contributed by atoms with Crippen LogP contribution < -0.4 is 10.1 Å². The van der Waals surface area contributed by atoms with Crippen LogP contribution in [0.2, 0.25) is 0 Å². The number of fused-ring (bicyclic) bond motifs is 1. The lowest BCUT2D eigenvalue weighted by molar-refractivity contribution is -0.140. The standard InChI is InChI=1S/C15H19N3O5S/c1-7(15(20)21)5-16-12(19)11-8(2)10-13(23-4)17-9(6-22-3)18-14(10)24-11/h7H,5-6H2,1-4H3,(H,16,19)(H,20,21). The zero-order chi connectivity index (χ0) is 17.9. The van der Waals surface area contributed by atoms with Gasteiger partial charge in [-0.05, 0) is 12.5 Å². The summed E-state index contributed by atoms with van der Waals surface area (Å²) in [5, 5.41) is 12.2. The molecule has 2 N–H and O–H groups in total. The number of hydrogen-bond donors (Lipinski definition) is 2. The number of ether oxygens (including phenoxy) is 2. The van der Waals surface area contributed by atoms with Gasteiger partial charge in [0.25, 0.3) is 5.91 Å². The Morgan fingerprint density at radius 3 is 2.62 bits per heavy atom. The third-order valence-electron chi connectivity index (χ3n) is 3.47. The maximum Gasteiger partial charge on any atom is 0.308 e. The van der Waals surface area contributed by atoms with Crippen LogP contribution >= 0.6 is 11.3 Å². The summed E-state index contributed by atoms with van der Waals surface area (Å²) in [5.41, 5.74) is 0.705. The Bertz CT molecular complexity index is 774. The van der Waals surface area contributed by atoms with E-state index in [2.05, 4.69) is 15.3 Å². The number of aromatic nitrogens is 2. The number of carbonyl (C=O) groups is 2. The SMILES string of the molecule is COCc1nc(OC)c2c(C)c(C(=O)NCC(C)C(=O)O)sc2n1. The zero-order valence-electron chi connectivity index (χ0n) is 13.9. The molecule has 0 saturated carbocycles. The predicted octanol–water partition coefficient (Wildman–Crippen LogP) is 1.61. The number of aliphatic carboxylic acids is 1. The quantitative estimate of drug-likeness (QED) is 0.778. The van der Waals surface area contributed by atoms with E-state index in [1.807, 2.05) is 0 Å². The molecule has 0 aromatic carbocycles. The molecule has 0 fully saturated rings. The van der Waals surface area contributed by atoms with Crippen molar-refractivity contribution in [2.45, 2.75) is 20.5 Å². The number of amides is 1. The average Bonchev–Trinajstić information content (AvgIpc) is 2.88. The van der Waals surface area contributed by atoms with Crippen LogP contribution in [-0.4, -0.2) is 47.7 Å². The van der Waals surface area contributed by atoms with Crippen molar-refractivity contribution in [3.8, 4) is 5.88 Å². The number of carbonyl (C=O) groups excluding carboxylic acids is 1. The van der Waals surface area contributed by atoms with Gasteiger partial charge in [0.1, 0.15) is 11.4 Å². The maximum absolute atomic E-state index is 12.4. The molecule has 2 heterocycles. The topological polar surface area (TPSA) is 111 Å². The number of nitrogens with zero attached hydrogens (tertiary/aromatic N) is 2. The van der Waals surface area contributed by atoms with Gasteiger partial charge in [-0.1, -0.05) is 6.92 Å². The molecule has 130 valence electrons. The largest absolute Gasteiger partial charge is 0.481 e. The van der Waals surface area contributed by atoms with Gasteiger partial charge in [-0.15, -0.1) is 11.3 Å². The van der Waals surface area contributed by atoms with Gasteiger partial charge in [0.15, 0.2) is 5.82 Å². The Hall–Kier alpha value is -2.26. The molecular weight excluding hydrogens is 334 g/mol. The molecule has 2 aromatic rings. The predicted molar refractivity (Wildman–Crippen MR) is 88.6 cm³/mol. The van der Waals surface area contributed by atoms with Crippen LogP contribution in [0.4, 0.5) is 0 Å². The molecule has 8 nitrogen and oxygen atoms in total. The van der Waals surface area contributed by atoms with Gasteiger partial charge in [-0.2, -0.15) is 4.98 Å². The molecule has 0 aliphatic heterocycles. The fourth-order valence-corrected chi connectivity index (χ4v) is 3.22. The minimum Gasteiger partial charge on any atom is -0.481 e. The highest BCUT2D eigenvalue weighted by Crippen LogP contribution is 2.35. The van der Waals surface area contributed by atoms with Crippen LogP contribution in [0.1, 0.15) is 28.0 Å². The van der Waals surface area contributed by atoms with Crippen molar-refractivity contribution in [2.24, 2.45) is 5.92 Å². The summed E-state index contributed by atoms with van der Waals surface area (Å²) in [4.78, 5) is 33.0. The first kappa shape index (κ1) is 18.1. The first-order valence-electron chi connectivity index (χ1n) is 7.23. The van der Waals surface area contributed by atoms with E-state index in [-0.39, 0.29) is 19.1 Å². The van der Waals surface area contributed by atoms with Crippen molar-refractivity contribution in [3.05, 3.63) is 16.3 Å². The van der Waals surface area contributed by atoms with Crippen molar-refractivity contribution >= 4 is 33.4 Å². The number of carboxylic acid groups (broad SMARTS) is 1.